The first-order valence-electron chi connectivity index (χ1n) is 12.8. The van der Waals surface area contributed by atoms with Crippen LogP contribution in [0.2, 0.25) is 0 Å². The molecule has 1 fully saturated rings. The zero-order chi connectivity index (χ0) is 24.9. The highest BCUT2D eigenvalue weighted by atomic mass is 16.1. The smallest absolute Gasteiger partial charge is 0.295 e. The van der Waals surface area contributed by atoms with Gasteiger partial charge < -0.3 is 10.6 Å². The van der Waals surface area contributed by atoms with Crippen LogP contribution in [0.1, 0.15) is 35.7 Å². The van der Waals surface area contributed by atoms with Gasteiger partial charge in [0.15, 0.2) is 0 Å². The monoisotopic (exact) mass is 481 g/mol. The van der Waals surface area contributed by atoms with Gasteiger partial charge in [-0.05, 0) is 68.2 Å². The van der Waals surface area contributed by atoms with E-state index < -0.39 is 0 Å². The average Bonchev–Trinajstić information content (AvgIpc) is 3.52. The normalized spacial score (nSPS) is 14.7. The van der Waals surface area contributed by atoms with E-state index in [9.17, 15) is 4.79 Å². The van der Waals surface area contributed by atoms with Crippen molar-refractivity contribution in [3.8, 4) is 5.69 Å². The molecule has 6 nitrogen and oxygen atoms in total. The summed E-state index contributed by atoms with van der Waals surface area (Å²) in [5.41, 5.74) is 5.80. The van der Waals surface area contributed by atoms with Crippen molar-refractivity contribution < 1.29 is 0 Å². The van der Waals surface area contributed by atoms with Gasteiger partial charge in [0.1, 0.15) is 5.69 Å². The second-order valence-corrected chi connectivity index (χ2v) is 9.56. The van der Waals surface area contributed by atoms with Crippen LogP contribution in [0.3, 0.4) is 0 Å². The molecule has 5 rings (SSSR count). The molecule has 2 N–H and O–H groups in total. The molecule has 1 aliphatic rings. The number of para-hydroxylation sites is 1. The Bertz CT molecular complexity index is 1320. The Kier molecular flexibility index (Phi) is 7.35. The van der Waals surface area contributed by atoms with Gasteiger partial charge in [0, 0.05) is 31.9 Å². The predicted octanol–water partition coefficient (Wildman–Crippen LogP) is 5.15. The van der Waals surface area contributed by atoms with Crippen molar-refractivity contribution in [3.05, 3.63) is 112 Å². The fraction of sp³-hybridized carbons (Fsp3) is 0.300. The van der Waals surface area contributed by atoms with E-state index in [1.165, 1.54) is 37.1 Å². The Morgan fingerprint density at radius 1 is 0.861 bits per heavy atom. The van der Waals surface area contributed by atoms with E-state index in [4.69, 9.17) is 0 Å². The highest BCUT2D eigenvalue weighted by Crippen LogP contribution is 2.25. The molecule has 1 saturated heterocycles. The van der Waals surface area contributed by atoms with Crippen LogP contribution in [-0.4, -0.2) is 33.9 Å². The Labute approximate surface area is 213 Å². The maximum Gasteiger partial charge on any atom is 0.295 e. The van der Waals surface area contributed by atoms with Gasteiger partial charge in [-0.3, -0.25) is 14.4 Å². The fourth-order valence-electron chi connectivity index (χ4n) is 5.10. The minimum Gasteiger partial charge on any atom is -0.349 e. The molecule has 4 aromatic rings. The molecule has 186 valence electrons. The minimum atomic E-state index is -0.0548. The highest BCUT2D eigenvalue weighted by Gasteiger charge is 2.23. The average molecular weight is 482 g/mol. The lowest BCUT2D eigenvalue weighted by molar-refractivity contribution is 0.238. The Balaban J connectivity index is 1.24. The molecule has 0 radical (unpaired) electrons. The second-order valence-electron chi connectivity index (χ2n) is 9.56. The van der Waals surface area contributed by atoms with Crippen molar-refractivity contribution in [1.29, 1.82) is 0 Å². The number of aromatic nitrogens is 2. The van der Waals surface area contributed by atoms with Gasteiger partial charge in [0.05, 0.1) is 11.4 Å². The lowest BCUT2D eigenvalue weighted by atomic mass is 10.1. The van der Waals surface area contributed by atoms with Crippen LogP contribution in [0.5, 0.6) is 0 Å². The third-order valence-electron chi connectivity index (χ3n) is 7.21. The number of likely N-dealkylation sites (tertiary alicyclic amines) is 1. The topological polar surface area (TPSA) is 54.2 Å². The summed E-state index contributed by atoms with van der Waals surface area (Å²) in [5.74, 6) is 0. The molecule has 1 aromatic heterocycles. The van der Waals surface area contributed by atoms with Crippen LogP contribution < -0.4 is 16.2 Å². The third-order valence-corrected chi connectivity index (χ3v) is 7.21. The van der Waals surface area contributed by atoms with Gasteiger partial charge in [0.25, 0.3) is 5.56 Å². The maximum absolute atomic E-state index is 13.2. The minimum absolute atomic E-state index is 0.0548. The van der Waals surface area contributed by atoms with Gasteiger partial charge in [-0.2, -0.15) is 0 Å². The first-order valence-corrected chi connectivity index (χ1v) is 12.8. The van der Waals surface area contributed by atoms with E-state index in [1.807, 2.05) is 61.1 Å². The van der Waals surface area contributed by atoms with E-state index in [1.54, 1.807) is 4.68 Å². The molecule has 0 saturated carbocycles. The van der Waals surface area contributed by atoms with Gasteiger partial charge in [-0.15, -0.1) is 0 Å². The molecule has 0 bridgehead atoms. The lowest BCUT2D eigenvalue weighted by Crippen LogP contribution is -2.34. The predicted molar refractivity (Wildman–Crippen MR) is 147 cm³/mol. The molecule has 0 amide bonds. The number of nitrogens with zero attached hydrogens (tertiary/aromatic N) is 3. The molecule has 3 aromatic carbocycles. The number of benzene rings is 3. The van der Waals surface area contributed by atoms with Gasteiger partial charge in [0.2, 0.25) is 0 Å². The van der Waals surface area contributed by atoms with Crippen LogP contribution in [-0.2, 0) is 13.6 Å². The first-order chi connectivity index (χ1) is 17.6. The van der Waals surface area contributed by atoms with E-state index in [2.05, 4.69) is 58.0 Å². The Hall–Kier alpha value is -3.61. The molecular weight excluding hydrogens is 446 g/mol. The SMILES string of the molecule is Cc1c(Nc2ccc(CNCC(c3ccccc3)N3CCCC3)cc2)c(=O)n(-c2ccccc2)n1C. The summed E-state index contributed by atoms with van der Waals surface area (Å²) >= 11 is 0. The van der Waals surface area contributed by atoms with Crippen LogP contribution in [0.25, 0.3) is 5.69 Å². The van der Waals surface area contributed by atoms with Crippen molar-refractivity contribution >= 4 is 11.4 Å². The van der Waals surface area contributed by atoms with Crippen LogP contribution in [0, 0.1) is 6.92 Å². The summed E-state index contributed by atoms with van der Waals surface area (Å²) in [6.45, 7) is 6.04. The van der Waals surface area contributed by atoms with Crippen LogP contribution in [0.4, 0.5) is 11.4 Å². The van der Waals surface area contributed by atoms with E-state index in [-0.39, 0.29) is 5.56 Å². The molecule has 1 atom stereocenters. The summed E-state index contributed by atoms with van der Waals surface area (Å²) in [7, 11) is 1.91. The molecule has 0 spiro atoms. The van der Waals surface area contributed by atoms with Gasteiger partial charge in [-0.25, -0.2) is 4.68 Å². The lowest BCUT2D eigenvalue weighted by Gasteiger charge is -2.28. The summed E-state index contributed by atoms with van der Waals surface area (Å²) in [4.78, 5) is 15.8. The Morgan fingerprint density at radius 2 is 1.50 bits per heavy atom. The molecule has 2 heterocycles. The maximum atomic E-state index is 13.2. The summed E-state index contributed by atoms with van der Waals surface area (Å²) in [6, 6.07) is 29.3. The molecule has 6 heteroatoms. The molecule has 1 unspecified atom stereocenters. The molecule has 36 heavy (non-hydrogen) atoms. The van der Waals surface area contributed by atoms with Crippen molar-refractivity contribution in [2.45, 2.75) is 32.4 Å². The summed E-state index contributed by atoms with van der Waals surface area (Å²) in [5, 5.41) is 7.03. The fourth-order valence-corrected chi connectivity index (χ4v) is 5.10. The third kappa shape index (κ3) is 5.15. The summed E-state index contributed by atoms with van der Waals surface area (Å²) < 4.78 is 3.58. The van der Waals surface area contributed by atoms with Gasteiger partial charge in [-0.1, -0.05) is 60.7 Å². The Morgan fingerprint density at radius 3 is 2.17 bits per heavy atom. The summed E-state index contributed by atoms with van der Waals surface area (Å²) in [6.07, 6.45) is 2.57. The first kappa shape index (κ1) is 24.1. The van der Waals surface area contributed by atoms with Crippen LogP contribution >= 0.6 is 0 Å². The number of nitrogens with one attached hydrogen (secondary N) is 2. The number of anilines is 2. The van der Waals surface area contributed by atoms with Crippen LogP contribution in [0.15, 0.2) is 89.7 Å². The van der Waals surface area contributed by atoms with Gasteiger partial charge >= 0.3 is 0 Å². The quantitative estimate of drug-likeness (QED) is 0.347. The molecule has 1 aliphatic heterocycles. The second kappa shape index (κ2) is 11.0. The highest BCUT2D eigenvalue weighted by molar-refractivity contribution is 5.62. The van der Waals surface area contributed by atoms with E-state index in [0.717, 1.165) is 30.2 Å². The van der Waals surface area contributed by atoms with E-state index in [0.29, 0.717) is 11.7 Å². The number of rotatable bonds is 9. The van der Waals surface area contributed by atoms with Crippen molar-refractivity contribution in [2.24, 2.45) is 7.05 Å². The molecular formula is C30H35N5O. The largest absolute Gasteiger partial charge is 0.349 e. The van der Waals surface area contributed by atoms with Crippen molar-refractivity contribution in [1.82, 2.24) is 19.6 Å². The zero-order valence-electron chi connectivity index (χ0n) is 21.2. The molecule has 0 aliphatic carbocycles. The number of hydrogen-bond acceptors (Lipinski definition) is 4. The zero-order valence-corrected chi connectivity index (χ0v) is 21.2. The van der Waals surface area contributed by atoms with E-state index >= 15 is 0 Å². The van der Waals surface area contributed by atoms with Crippen molar-refractivity contribution in [2.75, 3.05) is 25.0 Å². The standard InChI is InChI=1S/C30H35N5O/c1-23-29(30(36)35(33(23)2)27-13-7-4-8-14-27)32-26-17-15-24(16-18-26)21-31-22-28(34-19-9-10-20-34)25-11-5-3-6-12-25/h3-8,11-18,28,31-32H,9-10,19-22H2,1-2H3. The van der Waals surface area contributed by atoms with Crippen molar-refractivity contribution in [3.63, 3.8) is 0 Å². The number of hydrogen-bond donors (Lipinski definition) is 2.